The van der Waals surface area contributed by atoms with E-state index in [4.69, 9.17) is 9.29 Å². The van der Waals surface area contributed by atoms with Gasteiger partial charge in [0.2, 0.25) is 0 Å². The molecule has 1 aromatic carbocycles. The molecule has 0 radical (unpaired) electrons. The lowest BCUT2D eigenvalue weighted by atomic mass is 10.1. The Hall–Kier alpha value is -1.62. The number of rotatable bonds is 6. The largest absolute Gasteiger partial charge is 0.438 e. The number of carbonyl (C=O) groups is 2. The van der Waals surface area contributed by atoms with Crippen molar-refractivity contribution in [2.45, 2.75) is 31.8 Å². The third-order valence-corrected chi connectivity index (χ3v) is 4.86. The summed E-state index contributed by atoms with van der Waals surface area (Å²) < 4.78 is 119. The fourth-order valence-electron chi connectivity index (χ4n) is 1.92. The first kappa shape index (κ1) is 26.4. The molecule has 0 aliphatic heterocycles. The van der Waals surface area contributed by atoms with Crippen molar-refractivity contribution in [3.8, 4) is 5.75 Å². The number of ether oxygens (including phenoxy) is 2. The van der Waals surface area contributed by atoms with Crippen LogP contribution >= 0.6 is 22.6 Å². The van der Waals surface area contributed by atoms with Gasteiger partial charge in [0.1, 0.15) is 17.1 Å². The van der Waals surface area contributed by atoms with E-state index in [0.29, 0.717) is 3.57 Å². The van der Waals surface area contributed by atoms with Crippen LogP contribution in [0.2, 0.25) is 0 Å². The second-order valence-electron chi connectivity index (χ2n) is 6.15. The van der Waals surface area contributed by atoms with E-state index >= 15 is 0 Å². The van der Waals surface area contributed by atoms with Gasteiger partial charge >= 0.3 is 29.9 Å². The number of hydrogen-bond donors (Lipinski definition) is 1. The van der Waals surface area contributed by atoms with Crippen molar-refractivity contribution in [3.63, 3.8) is 0 Å². The van der Waals surface area contributed by atoms with Gasteiger partial charge in [-0.15, -0.1) is 0 Å². The molecule has 0 bridgehead atoms. The topological polar surface area (TPSA) is 107 Å². The zero-order chi connectivity index (χ0) is 23.7. The minimum atomic E-state index is -6.48. The molecule has 0 saturated heterocycles. The summed E-state index contributed by atoms with van der Waals surface area (Å²) in [6.07, 6.45) is -13.0. The molecule has 0 amide bonds. The number of hydrogen-bond acceptors (Lipinski definition) is 6. The van der Waals surface area contributed by atoms with Gasteiger partial charge in [0.25, 0.3) is 10.1 Å². The molecule has 0 aliphatic carbocycles. The summed E-state index contributed by atoms with van der Waals surface area (Å²) in [7, 11) is -5.93. The highest BCUT2D eigenvalue weighted by molar-refractivity contribution is 14.1. The average Bonchev–Trinajstić information content (AvgIpc) is 2.50. The van der Waals surface area contributed by atoms with E-state index in [1.165, 1.54) is 13.8 Å². The maximum atomic E-state index is 13.3. The summed E-state index contributed by atoms with van der Waals surface area (Å²) >= 11 is 1.67. The first-order valence-corrected chi connectivity index (χ1v) is 10.3. The maximum absolute atomic E-state index is 13.3. The van der Waals surface area contributed by atoms with Crippen LogP contribution in [0.15, 0.2) is 18.2 Å². The Labute approximate surface area is 179 Å². The Balaban J connectivity index is 3.56. The molecule has 0 aliphatic rings. The van der Waals surface area contributed by atoms with E-state index < -0.39 is 63.0 Å². The zero-order valence-corrected chi connectivity index (χ0v) is 17.9. The smallest absolute Gasteiger partial charge is 0.434 e. The predicted octanol–water partition coefficient (Wildman–Crippen LogP) is 3.76. The molecule has 0 aromatic heterocycles. The first-order valence-electron chi connectivity index (χ1n) is 7.64. The molecule has 0 saturated carbocycles. The number of esters is 2. The minimum Gasteiger partial charge on any atom is -0.434 e. The average molecular weight is 578 g/mol. The summed E-state index contributed by atoms with van der Waals surface area (Å²) in [5, 5.41) is 0. The van der Waals surface area contributed by atoms with E-state index in [1.807, 2.05) is 0 Å². The van der Waals surface area contributed by atoms with Crippen molar-refractivity contribution in [1.29, 1.82) is 0 Å². The van der Waals surface area contributed by atoms with Gasteiger partial charge in [-0.2, -0.15) is 34.8 Å². The highest BCUT2D eigenvalue weighted by atomic mass is 127. The summed E-state index contributed by atoms with van der Waals surface area (Å²) in [6, 6.07) is 2.80. The Kier molecular flexibility index (Phi) is 7.80. The van der Waals surface area contributed by atoms with Gasteiger partial charge in [0, 0.05) is 3.57 Å². The molecule has 1 aromatic rings. The Morgan fingerprint density at radius 2 is 1.60 bits per heavy atom. The van der Waals surface area contributed by atoms with Crippen LogP contribution in [0.4, 0.5) is 26.3 Å². The summed E-state index contributed by atoms with van der Waals surface area (Å²) in [5.74, 6) is -7.73. The van der Waals surface area contributed by atoms with Gasteiger partial charge in [-0.3, -0.25) is 9.35 Å². The van der Waals surface area contributed by atoms with E-state index in [9.17, 15) is 44.3 Å². The van der Waals surface area contributed by atoms with Gasteiger partial charge in [0.15, 0.2) is 0 Å². The fourth-order valence-corrected chi connectivity index (χ4v) is 3.28. The van der Waals surface area contributed by atoms with Crippen LogP contribution in [-0.4, -0.2) is 48.6 Å². The molecule has 30 heavy (non-hydrogen) atoms. The van der Waals surface area contributed by atoms with Crippen molar-refractivity contribution >= 4 is 44.6 Å². The van der Waals surface area contributed by atoms with E-state index in [2.05, 4.69) is 4.74 Å². The fraction of sp³-hybridized carbons (Fsp3) is 0.467. The zero-order valence-electron chi connectivity index (χ0n) is 15.0. The molecule has 0 atom stereocenters. The van der Waals surface area contributed by atoms with Crippen LogP contribution in [0, 0.1) is 9.49 Å². The SMILES string of the molecule is CC(C)C(=O)Oc1cc(I)ccc1C(=O)OC(CS(=O)(=O)O)(C(F)(F)F)C(F)(F)F. The number of alkyl halides is 6. The van der Waals surface area contributed by atoms with E-state index in [0.717, 1.165) is 18.2 Å². The van der Waals surface area contributed by atoms with Crippen molar-refractivity contribution in [2.24, 2.45) is 5.92 Å². The second kappa shape index (κ2) is 8.86. The third kappa shape index (κ3) is 6.19. The summed E-state index contributed by atoms with van der Waals surface area (Å²) in [6.45, 7) is 2.75. The molecule has 7 nitrogen and oxygen atoms in total. The second-order valence-corrected chi connectivity index (χ2v) is 8.85. The van der Waals surface area contributed by atoms with Crippen LogP contribution in [-0.2, 0) is 19.6 Å². The lowest BCUT2D eigenvalue weighted by Gasteiger charge is -2.35. The van der Waals surface area contributed by atoms with Crippen LogP contribution in [0.1, 0.15) is 24.2 Å². The molecule has 1 rings (SSSR count). The van der Waals surface area contributed by atoms with Gasteiger partial charge < -0.3 is 9.47 Å². The van der Waals surface area contributed by atoms with Crippen LogP contribution < -0.4 is 4.74 Å². The van der Waals surface area contributed by atoms with Gasteiger partial charge in [0.05, 0.1) is 5.92 Å². The van der Waals surface area contributed by atoms with Crippen LogP contribution in [0.5, 0.6) is 5.75 Å². The molecule has 15 heteroatoms. The quantitative estimate of drug-likeness (QED) is 0.180. The number of carbonyl (C=O) groups excluding carboxylic acids is 2. The first-order chi connectivity index (χ1) is 13.3. The highest BCUT2D eigenvalue weighted by Gasteiger charge is 2.76. The Bertz CT molecular complexity index is 910. The van der Waals surface area contributed by atoms with Crippen molar-refractivity contribution in [3.05, 3.63) is 27.3 Å². The minimum absolute atomic E-state index is 0.298. The Morgan fingerprint density at radius 3 is 2.00 bits per heavy atom. The van der Waals surface area contributed by atoms with Gasteiger partial charge in [-0.1, -0.05) is 13.8 Å². The van der Waals surface area contributed by atoms with Gasteiger partial charge in [-0.25, -0.2) is 4.79 Å². The molecule has 0 spiro atoms. The predicted molar refractivity (Wildman–Crippen MR) is 96.3 cm³/mol. The standard InChI is InChI=1S/C15H13F6IO7S/c1-7(2)11(23)28-10-5-8(22)3-4-9(10)12(24)29-13(14(16,17)18,15(19,20)21)6-30(25,26)27/h3-5,7H,6H2,1-2H3,(H,25,26,27). The maximum Gasteiger partial charge on any atom is 0.438 e. The number of halogens is 7. The lowest BCUT2D eigenvalue weighted by molar-refractivity contribution is -0.356. The molecular weight excluding hydrogens is 565 g/mol. The molecule has 170 valence electrons. The highest BCUT2D eigenvalue weighted by Crippen LogP contribution is 2.47. The molecule has 0 unspecified atom stereocenters. The molecular formula is C15H13F6IO7S. The van der Waals surface area contributed by atoms with Crippen molar-refractivity contribution < 1.29 is 58.4 Å². The van der Waals surface area contributed by atoms with Crippen LogP contribution in [0.25, 0.3) is 0 Å². The molecule has 0 heterocycles. The van der Waals surface area contributed by atoms with Gasteiger partial charge in [-0.05, 0) is 40.8 Å². The van der Waals surface area contributed by atoms with Crippen molar-refractivity contribution in [1.82, 2.24) is 0 Å². The van der Waals surface area contributed by atoms with Crippen LogP contribution in [0.3, 0.4) is 0 Å². The van der Waals surface area contributed by atoms with Crippen molar-refractivity contribution in [2.75, 3.05) is 5.75 Å². The van der Waals surface area contributed by atoms with E-state index in [1.54, 1.807) is 22.6 Å². The monoisotopic (exact) mass is 578 g/mol. The number of benzene rings is 1. The third-order valence-electron chi connectivity index (χ3n) is 3.41. The summed E-state index contributed by atoms with van der Waals surface area (Å²) in [4.78, 5) is 24.0. The Morgan fingerprint density at radius 1 is 1.10 bits per heavy atom. The molecule has 0 fully saturated rings. The summed E-state index contributed by atoms with van der Waals surface area (Å²) in [5.41, 5.74) is -6.58. The van der Waals surface area contributed by atoms with E-state index in [-0.39, 0.29) is 0 Å². The normalized spacial score (nSPS) is 13.3. The molecule has 1 N–H and O–H groups in total. The lowest BCUT2D eigenvalue weighted by Crippen LogP contribution is -2.63.